The SMILES string of the molecule is COc1ccc(NC(=O)CSc2ccccc2C(=O)NNC(=O)Cc2ccc(F)cc2)cc1OC. The molecule has 3 aromatic rings. The Morgan fingerprint density at radius 1 is 0.857 bits per heavy atom. The Balaban J connectivity index is 1.54. The van der Waals surface area contributed by atoms with Crippen LogP contribution in [0, 0.1) is 5.82 Å². The van der Waals surface area contributed by atoms with Crippen LogP contribution in [0.2, 0.25) is 0 Å². The predicted octanol–water partition coefficient (Wildman–Crippen LogP) is 3.58. The minimum atomic E-state index is -0.527. The lowest BCUT2D eigenvalue weighted by Crippen LogP contribution is -2.42. The van der Waals surface area contributed by atoms with Gasteiger partial charge < -0.3 is 14.8 Å². The second-order valence-electron chi connectivity index (χ2n) is 7.21. The number of hydrogen-bond acceptors (Lipinski definition) is 6. The first kappa shape index (κ1) is 25.6. The van der Waals surface area contributed by atoms with Crippen molar-refractivity contribution in [1.29, 1.82) is 0 Å². The Kier molecular flexibility index (Phi) is 9.08. The number of nitrogens with one attached hydrogen (secondary N) is 3. The molecule has 10 heteroatoms. The van der Waals surface area contributed by atoms with Crippen LogP contribution in [0.4, 0.5) is 10.1 Å². The van der Waals surface area contributed by atoms with Crippen molar-refractivity contribution in [2.45, 2.75) is 11.3 Å². The highest BCUT2D eigenvalue weighted by Crippen LogP contribution is 2.30. The molecule has 0 radical (unpaired) electrons. The van der Waals surface area contributed by atoms with Gasteiger partial charge >= 0.3 is 0 Å². The summed E-state index contributed by atoms with van der Waals surface area (Å²) in [6.45, 7) is 0. The van der Waals surface area contributed by atoms with E-state index in [1.165, 1.54) is 50.2 Å². The van der Waals surface area contributed by atoms with Crippen LogP contribution < -0.4 is 25.6 Å². The van der Waals surface area contributed by atoms with Crippen molar-refractivity contribution in [2.24, 2.45) is 0 Å². The molecular formula is C25H24FN3O5S. The van der Waals surface area contributed by atoms with Gasteiger partial charge in [0.2, 0.25) is 11.8 Å². The normalized spacial score (nSPS) is 10.3. The van der Waals surface area contributed by atoms with Crippen molar-refractivity contribution < 1.29 is 28.2 Å². The van der Waals surface area contributed by atoms with Gasteiger partial charge in [-0.3, -0.25) is 25.2 Å². The molecule has 0 spiro atoms. The highest BCUT2D eigenvalue weighted by Gasteiger charge is 2.14. The average molecular weight is 498 g/mol. The zero-order chi connectivity index (χ0) is 25.2. The lowest BCUT2D eigenvalue weighted by Gasteiger charge is -2.12. The molecule has 35 heavy (non-hydrogen) atoms. The molecule has 0 aliphatic carbocycles. The van der Waals surface area contributed by atoms with Gasteiger partial charge in [0.15, 0.2) is 11.5 Å². The van der Waals surface area contributed by atoms with Crippen LogP contribution in [0.5, 0.6) is 11.5 Å². The molecule has 0 bridgehead atoms. The van der Waals surface area contributed by atoms with Crippen molar-refractivity contribution in [3.8, 4) is 11.5 Å². The standard InChI is InChI=1S/C25H24FN3O5S/c1-33-20-12-11-18(14-21(20)34-2)27-24(31)15-35-22-6-4-3-5-19(22)25(32)29-28-23(30)13-16-7-9-17(26)10-8-16/h3-12,14H,13,15H2,1-2H3,(H,27,31)(H,28,30)(H,29,32). The number of ether oxygens (including phenoxy) is 2. The number of methoxy groups -OCH3 is 2. The zero-order valence-electron chi connectivity index (χ0n) is 19.1. The molecule has 3 rings (SSSR count). The van der Waals surface area contributed by atoms with Gasteiger partial charge in [-0.2, -0.15) is 0 Å². The first-order valence-corrected chi connectivity index (χ1v) is 11.5. The van der Waals surface area contributed by atoms with E-state index in [1.807, 2.05) is 0 Å². The summed E-state index contributed by atoms with van der Waals surface area (Å²) in [4.78, 5) is 37.7. The smallest absolute Gasteiger partial charge is 0.270 e. The Morgan fingerprint density at radius 2 is 1.57 bits per heavy atom. The molecule has 0 aromatic heterocycles. The Morgan fingerprint density at radius 3 is 2.29 bits per heavy atom. The number of carbonyl (C=O) groups excluding carboxylic acids is 3. The largest absolute Gasteiger partial charge is 0.493 e. The molecule has 0 atom stereocenters. The molecule has 3 N–H and O–H groups in total. The van der Waals surface area contributed by atoms with E-state index >= 15 is 0 Å². The molecule has 8 nitrogen and oxygen atoms in total. The third kappa shape index (κ3) is 7.47. The number of rotatable bonds is 9. The van der Waals surface area contributed by atoms with E-state index in [9.17, 15) is 18.8 Å². The highest BCUT2D eigenvalue weighted by molar-refractivity contribution is 8.00. The fourth-order valence-corrected chi connectivity index (χ4v) is 3.91. The monoisotopic (exact) mass is 497 g/mol. The lowest BCUT2D eigenvalue weighted by atomic mass is 10.1. The van der Waals surface area contributed by atoms with Gasteiger partial charge in [0, 0.05) is 16.6 Å². The summed E-state index contributed by atoms with van der Waals surface area (Å²) < 4.78 is 23.4. The first-order chi connectivity index (χ1) is 16.9. The number of anilines is 1. The van der Waals surface area contributed by atoms with E-state index < -0.39 is 17.6 Å². The Bertz CT molecular complexity index is 1200. The average Bonchev–Trinajstić information content (AvgIpc) is 2.87. The van der Waals surface area contributed by atoms with Crippen LogP contribution in [0.1, 0.15) is 15.9 Å². The molecule has 182 valence electrons. The summed E-state index contributed by atoms with van der Waals surface area (Å²) in [5.74, 6) is -0.564. The number of halogens is 1. The molecule has 0 aliphatic rings. The fourth-order valence-electron chi connectivity index (χ4n) is 3.06. The number of hydrazine groups is 1. The maximum atomic E-state index is 13.0. The number of amides is 3. The quantitative estimate of drug-likeness (QED) is 0.308. The van der Waals surface area contributed by atoms with Crippen molar-refractivity contribution in [3.63, 3.8) is 0 Å². The number of benzene rings is 3. The number of hydrogen-bond donors (Lipinski definition) is 3. The Hall–Kier alpha value is -4.05. The molecule has 0 unspecified atom stereocenters. The summed E-state index contributed by atoms with van der Waals surface area (Å²) in [6.07, 6.45) is -0.0206. The summed E-state index contributed by atoms with van der Waals surface area (Å²) in [5, 5.41) is 2.78. The maximum Gasteiger partial charge on any atom is 0.270 e. The van der Waals surface area contributed by atoms with E-state index in [1.54, 1.807) is 42.5 Å². The topological polar surface area (TPSA) is 106 Å². The molecule has 0 fully saturated rings. The Labute approximate surface area is 206 Å². The van der Waals surface area contributed by atoms with Gasteiger partial charge in [-0.25, -0.2) is 4.39 Å². The van der Waals surface area contributed by atoms with Crippen molar-refractivity contribution in [1.82, 2.24) is 10.9 Å². The predicted molar refractivity (Wildman–Crippen MR) is 131 cm³/mol. The highest BCUT2D eigenvalue weighted by atomic mass is 32.2. The van der Waals surface area contributed by atoms with Gasteiger partial charge in [0.25, 0.3) is 5.91 Å². The second kappa shape index (κ2) is 12.4. The molecule has 0 saturated heterocycles. The van der Waals surface area contributed by atoms with E-state index in [2.05, 4.69) is 16.2 Å². The number of carbonyl (C=O) groups is 3. The molecule has 0 aliphatic heterocycles. The van der Waals surface area contributed by atoms with Crippen LogP contribution in [-0.2, 0) is 16.0 Å². The van der Waals surface area contributed by atoms with E-state index in [4.69, 9.17) is 9.47 Å². The molecule has 3 aromatic carbocycles. The molecule has 0 heterocycles. The summed E-state index contributed by atoms with van der Waals surface area (Å²) in [5.41, 5.74) is 6.17. The minimum Gasteiger partial charge on any atom is -0.493 e. The van der Waals surface area contributed by atoms with Gasteiger partial charge in [-0.1, -0.05) is 24.3 Å². The third-order valence-electron chi connectivity index (χ3n) is 4.75. The van der Waals surface area contributed by atoms with Crippen LogP contribution in [-0.4, -0.2) is 37.7 Å². The van der Waals surface area contributed by atoms with Gasteiger partial charge in [0.05, 0.1) is 32.0 Å². The fraction of sp³-hybridized carbons (Fsp3) is 0.160. The molecule has 0 saturated carbocycles. The van der Waals surface area contributed by atoms with Crippen molar-refractivity contribution >= 4 is 35.2 Å². The van der Waals surface area contributed by atoms with Crippen molar-refractivity contribution in [2.75, 3.05) is 25.3 Å². The van der Waals surface area contributed by atoms with Crippen LogP contribution >= 0.6 is 11.8 Å². The van der Waals surface area contributed by atoms with Gasteiger partial charge in [-0.05, 0) is 42.0 Å². The lowest BCUT2D eigenvalue weighted by molar-refractivity contribution is -0.121. The number of thioether (sulfide) groups is 1. The maximum absolute atomic E-state index is 13.0. The van der Waals surface area contributed by atoms with Crippen LogP contribution in [0.15, 0.2) is 71.6 Å². The second-order valence-corrected chi connectivity index (χ2v) is 8.23. The van der Waals surface area contributed by atoms with Gasteiger partial charge in [0.1, 0.15) is 5.82 Å². The van der Waals surface area contributed by atoms with E-state index in [0.717, 1.165) is 0 Å². The summed E-state index contributed by atoms with van der Waals surface area (Å²) in [7, 11) is 3.03. The summed E-state index contributed by atoms with van der Waals surface area (Å²) >= 11 is 1.18. The first-order valence-electron chi connectivity index (χ1n) is 10.5. The molecular weight excluding hydrogens is 473 g/mol. The minimum absolute atomic E-state index is 0.0206. The van der Waals surface area contributed by atoms with Crippen LogP contribution in [0.3, 0.4) is 0 Å². The summed E-state index contributed by atoms with van der Waals surface area (Å²) in [6, 6.07) is 17.3. The van der Waals surface area contributed by atoms with Crippen molar-refractivity contribution in [3.05, 3.63) is 83.7 Å². The van der Waals surface area contributed by atoms with E-state index in [-0.39, 0.29) is 18.1 Å². The zero-order valence-corrected chi connectivity index (χ0v) is 19.9. The third-order valence-corrected chi connectivity index (χ3v) is 5.82. The van der Waals surface area contributed by atoms with E-state index in [0.29, 0.717) is 33.2 Å². The van der Waals surface area contributed by atoms with Crippen LogP contribution in [0.25, 0.3) is 0 Å². The molecule has 3 amide bonds. The van der Waals surface area contributed by atoms with Gasteiger partial charge in [-0.15, -0.1) is 11.8 Å².